The lowest BCUT2D eigenvalue weighted by Crippen LogP contribution is -2.18. The van der Waals surface area contributed by atoms with E-state index in [2.05, 4.69) is 19.2 Å². The fourth-order valence-corrected chi connectivity index (χ4v) is 2.09. The number of hydrogen-bond donors (Lipinski definition) is 1. The lowest BCUT2D eigenvalue weighted by molar-refractivity contribution is -0.385. The number of benzene rings is 1. The second kappa shape index (κ2) is 6.99. The maximum Gasteiger partial charge on any atom is 0.274 e. The molecular formula is C14H22N2O2. The Labute approximate surface area is 109 Å². The molecule has 0 heterocycles. The molecule has 18 heavy (non-hydrogen) atoms. The van der Waals surface area contributed by atoms with Gasteiger partial charge in [-0.2, -0.15) is 0 Å². The van der Waals surface area contributed by atoms with Gasteiger partial charge in [-0.1, -0.05) is 33.3 Å². The highest BCUT2D eigenvalue weighted by atomic mass is 16.6. The van der Waals surface area contributed by atoms with Gasteiger partial charge in [0.25, 0.3) is 5.69 Å². The molecule has 1 unspecified atom stereocenters. The van der Waals surface area contributed by atoms with Crippen LogP contribution in [0.1, 0.15) is 45.6 Å². The summed E-state index contributed by atoms with van der Waals surface area (Å²) in [5.74, 6) is 0. The largest absolute Gasteiger partial charge is 0.382 e. The van der Waals surface area contributed by atoms with Crippen molar-refractivity contribution in [1.82, 2.24) is 0 Å². The Balaban J connectivity index is 2.90. The fourth-order valence-electron chi connectivity index (χ4n) is 2.09. The summed E-state index contributed by atoms with van der Waals surface area (Å²) in [5.41, 5.74) is 1.85. The van der Waals surface area contributed by atoms with Crippen LogP contribution in [0.3, 0.4) is 0 Å². The Hall–Kier alpha value is -1.58. The van der Waals surface area contributed by atoms with Crippen molar-refractivity contribution >= 4 is 11.4 Å². The molecule has 0 aromatic heterocycles. The zero-order chi connectivity index (χ0) is 13.5. The van der Waals surface area contributed by atoms with Gasteiger partial charge in [0.2, 0.25) is 0 Å². The third-order valence-corrected chi connectivity index (χ3v) is 3.16. The first-order valence-corrected chi connectivity index (χ1v) is 6.66. The van der Waals surface area contributed by atoms with Crippen molar-refractivity contribution in [2.24, 2.45) is 0 Å². The molecule has 0 amide bonds. The monoisotopic (exact) mass is 250 g/mol. The molecule has 100 valence electrons. The number of rotatable bonds is 7. The van der Waals surface area contributed by atoms with E-state index in [0.717, 1.165) is 30.5 Å². The minimum atomic E-state index is -0.301. The summed E-state index contributed by atoms with van der Waals surface area (Å²) in [6.07, 6.45) is 3.90. The third-order valence-electron chi connectivity index (χ3n) is 3.16. The second-order valence-electron chi connectivity index (χ2n) is 4.49. The van der Waals surface area contributed by atoms with Gasteiger partial charge in [-0.05, 0) is 25.3 Å². The predicted molar refractivity (Wildman–Crippen MR) is 75.1 cm³/mol. The quantitative estimate of drug-likeness (QED) is 0.584. The number of nitrogens with zero attached hydrogens (tertiary/aromatic N) is 1. The number of nitro groups is 1. The molecule has 0 saturated carbocycles. The average Bonchev–Trinajstić information content (AvgIpc) is 2.38. The minimum Gasteiger partial charge on any atom is -0.382 e. The van der Waals surface area contributed by atoms with Crippen molar-refractivity contribution in [3.05, 3.63) is 33.9 Å². The van der Waals surface area contributed by atoms with Crippen molar-refractivity contribution in [2.75, 3.05) is 5.32 Å². The fraction of sp³-hybridized carbons (Fsp3) is 0.571. The zero-order valence-electron chi connectivity index (χ0n) is 11.4. The van der Waals surface area contributed by atoms with E-state index < -0.39 is 0 Å². The number of anilines is 1. The topological polar surface area (TPSA) is 55.2 Å². The molecule has 0 aliphatic rings. The Morgan fingerprint density at radius 2 is 2.06 bits per heavy atom. The molecule has 0 bridgehead atoms. The number of hydrogen-bond acceptors (Lipinski definition) is 3. The summed E-state index contributed by atoms with van der Waals surface area (Å²) in [6, 6.07) is 5.82. The van der Waals surface area contributed by atoms with Crippen LogP contribution in [-0.2, 0) is 6.42 Å². The average molecular weight is 250 g/mol. The minimum absolute atomic E-state index is 0.217. The molecule has 0 saturated heterocycles. The number of aryl methyl sites for hydroxylation is 1. The van der Waals surface area contributed by atoms with Crippen LogP contribution in [0.4, 0.5) is 11.4 Å². The normalized spacial score (nSPS) is 12.2. The standard InChI is InChI=1S/C14H22N2O2/c1-4-7-12(6-3)15-13-9-8-11(5-2)14(10-13)16(17)18/h8-10,12,15H,4-7H2,1-3H3. The number of nitrogens with one attached hydrogen (secondary N) is 1. The molecule has 1 rings (SSSR count). The third kappa shape index (κ3) is 3.72. The smallest absolute Gasteiger partial charge is 0.274 e. The van der Waals surface area contributed by atoms with Crippen LogP contribution >= 0.6 is 0 Å². The second-order valence-corrected chi connectivity index (χ2v) is 4.49. The number of nitro benzene ring substituents is 1. The van der Waals surface area contributed by atoms with Crippen LogP contribution in [0, 0.1) is 10.1 Å². The van der Waals surface area contributed by atoms with E-state index in [1.165, 1.54) is 0 Å². The van der Waals surface area contributed by atoms with Gasteiger partial charge in [-0.3, -0.25) is 10.1 Å². The van der Waals surface area contributed by atoms with Crippen molar-refractivity contribution in [3.63, 3.8) is 0 Å². The Bertz CT molecular complexity index is 405. The summed E-state index contributed by atoms with van der Waals surface area (Å²) in [7, 11) is 0. The molecule has 0 fully saturated rings. The van der Waals surface area contributed by atoms with Crippen molar-refractivity contribution < 1.29 is 4.92 Å². The van der Waals surface area contributed by atoms with Crippen LogP contribution in [0.15, 0.2) is 18.2 Å². The van der Waals surface area contributed by atoms with E-state index in [9.17, 15) is 10.1 Å². The first-order valence-electron chi connectivity index (χ1n) is 6.66. The van der Waals surface area contributed by atoms with E-state index in [1.54, 1.807) is 6.07 Å². The molecule has 4 heteroatoms. The molecule has 1 aromatic carbocycles. The molecule has 0 radical (unpaired) electrons. The van der Waals surface area contributed by atoms with Gasteiger partial charge in [-0.15, -0.1) is 0 Å². The van der Waals surface area contributed by atoms with Gasteiger partial charge < -0.3 is 5.32 Å². The van der Waals surface area contributed by atoms with Crippen LogP contribution in [0.25, 0.3) is 0 Å². The maximum atomic E-state index is 11.0. The van der Waals surface area contributed by atoms with Crippen molar-refractivity contribution in [3.8, 4) is 0 Å². The molecule has 1 atom stereocenters. The highest BCUT2D eigenvalue weighted by Gasteiger charge is 2.14. The summed E-state index contributed by atoms with van der Waals surface area (Å²) >= 11 is 0. The zero-order valence-corrected chi connectivity index (χ0v) is 11.4. The van der Waals surface area contributed by atoms with Gasteiger partial charge in [0.05, 0.1) is 4.92 Å². The lowest BCUT2D eigenvalue weighted by Gasteiger charge is -2.17. The van der Waals surface area contributed by atoms with Gasteiger partial charge in [0.15, 0.2) is 0 Å². The van der Waals surface area contributed by atoms with E-state index in [0.29, 0.717) is 12.5 Å². The van der Waals surface area contributed by atoms with E-state index >= 15 is 0 Å². The Morgan fingerprint density at radius 1 is 1.33 bits per heavy atom. The van der Waals surface area contributed by atoms with Crippen LogP contribution in [0.5, 0.6) is 0 Å². The van der Waals surface area contributed by atoms with Crippen LogP contribution in [-0.4, -0.2) is 11.0 Å². The Morgan fingerprint density at radius 3 is 2.56 bits per heavy atom. The maximum absolute atomic E-state index is 11.0. The SMILES string of the molecule is CCCC(CC)Nc1ccc(CC)c([N+](=O)[O-])c1. The first-order chi connectivity index (χ1) is 8.62. The van der Waals surface area contributed by atoms with Crippen LogP contribution < -0.4 is 5.32 Å². The molecule has 1 aromatic rings. The Kier molecular flexibility index (Phi) is 5.62. The van der Waals surface area contributed by atoms with Crippen LogP contribution in [0.2, 0.25) is 0 Å². The molecule has 1 N–H and O–H groups in total. The first kappa shape index (κ1) is 14.5. The van der Waals surface area contributed by atoms with Gasteiger partial charge >= 0.3 is 0 Å². The van der Waals surface area contributed by atoms with Gasteiger partial charge in [-0.25, -0.2) is 0 Å². The lowest BCUT2D eigenvalue weighted by atomic mass is 10.1. The van der Waals surface area contributed by atoms with Gasteiger partial charge in [0.1, 0.15) is 0 Å². The van der Waals surface area contributed by atoms with Crippen molar-refractivity contribution in [1.29, 1.82) is 0 Å². The molecule has 0 aliphatic heterocycles. The van der Waals surface area contributed by atoms with E-state index in [4.69, 9.17) is 0 Å². The molecule has 0 aliphatic carbocycles. The molecule has 0 spiro atoms. The van der Waals surface area contributed by atoms with E-state index in [-0.39, 0.29) is 10.6 Å². The summed E-state index contributed by atoms with van der Waals surface area (Å²) < 4.78 is 0. The summed E-state index contributed by atoms with van der Waals surface area (Å²) in [6.45, 7) is 6.20. The molecule has 4 nitrogen and oxygen atoms in total. The summed E-state index contributed by atoms with van der Waals surface area (Å²) in [5, 5.41) is 14.4. The molecular weight excluding hydrogens is 228 g/mol. The summed E-state index contributed by atoms with van der Waals surface area (Å²) in [4.78, 5) is 10.7. The van der Waals surface area contributed by atoms with E-state index in [1.807, 2.05) is 19.1 Å². The van der Waals surface area contributed by atoms with Gasteiger partial charge in [0, 0.05) is 23.4 Å². The predicted octanol–water partition coefficient (Wildman–Crippen LogP) is 4.15. The van der Waals surface area contributed by atoms with Crippen molar-refractivity contribution in [2.45, 2.75) is 52.5 Å². The highest BCUT2D eigenvalue weighted by Crippen LogP contribution is 2.24. The highest BCUT2D eigenvalue weighted by molar-refractivity contribution is 5.55.